The Kier molecular flexibility index (Phi) is 4.08. The number of likely N-dealkylation sites (tertiary alicyclic amines) is 1. The first-order valence-corrected chi connectivity index (χ1v) is 7.12. The summed E-state index contributed by atoms with van der Waals surface area (Å²) in [4.78, 5) is 13.6. The predicted octanol–water partition coefficient (Wildman–Crippen LogP) is 2.75. The molecule has 17 heavy (non-hydrogen) atoms. The molecule has 2 rings (SSSR count). The van der Waals surface area contributed by atoms with Crippen molar-refractivity contribution in [2.45, 2.75) is 64.5 Å². The molecule has 0 aromatic carbocycles. The monoisotopic (exact) mass is 239 g/mol. The third kappa shape index (κ3) is 2.65. The van der Waals surface area contributed by atoms with Crippen molar-refractivity contribution in [3.05, 3.63) is 0 Å². The Morgan fingerprint density at radius 3 is 2.71 bits per heavy atom. The third-order valence-electron chi connectivity index (χ3n) is 4.85. The Labute approximate surface area is 104 Å². The topological polar surface area (TPSA) is 40.5 Å². The molecule has 4 atom stereocenters. The number of carbonyl (C=O) groups is 1. The molecule has 1 aliphatic heterocycles. The van der Waals surface area contributed by atoms with Crippen molar-refractivity contribution >= 4 is 5.97 Å². The van der Waals surface area contributed by atoms with Crippen LogP contribution in [-0.4, -0.2) is 34.6 Å². The molecule has 1 N–H and O–H groups in total. The zero-order valence-corrected chi connectivity index (χ0v) is 11.1. The predicted molar refractivity (Wildman–Crippen MR) is 67.9 cm³/mol. The molecule has 3 nitrogen and oxygen atoms in total. The summed E-state index contributed by atoms with van der Waals surface area (Å²) < 4.78 is 0. The number of hydrogen-bond acceptors (Lipinski definition) is 2. The number of carboxylic acid groups (broad SMARTS) is 1. The maximum absolute atomic E-state index is 11.0. The lowest BCUT2D eigenvalue weighted by molar-refractivity contribution is -0.144. The molecule has 1 aliphatic carbocycles. The van der Waals surface area contributed by atoms with E-state index in [-0.39, 0.29) is 5.92 Å². The van der Waals surface area contributed by atoms with Crippen molar-refractivity contribution in [2.75, 3.05) is 6.54 Å². The highest BCUT2D eigenvalue weighted by atomic mass is 16.4. The molecule has 1 saturated heterocycles. The summed E-state index contributed by atoms with van der Waals surface area (Å²) in [6, 6.07) is 1.17. The van der Waals surface area contributed by atoms with Gasteiger partial charge in [-0.2, -0.15) is 0 Å². The van der Waals surface area contributed by atoms with Crippen LogP contribution in [-0.2, 0) is 4.79 Å². The number of hydrogen-bond donors (Lipinski definition) is 1. The Balaban J connectivity index is 1.97. The second-order valence-electron chi connectivity index (χ2n) is 5.81. The summed E-state index contributed by atoms with van der Waals surface area (Å²) in [6.45, 7) is 5.48. The number of aliphatic carboxylic acids is 1. The van der Waals surface area contributed by atoms with E-state index in [0.29, 0.717) is 6.04 Å². The lowest BCUT2D eigenvalue weighted by atomic mass is 9.88. The minimum absolute atomic E-state index is 0.109. The molecule has 0 radical (unpaired) electrons. The quantitative estimate of drug-likeness (QED) is 0.823. The van der Waals surface area contributed by atoms with Crippen LogP contribution in [0.3, 0.4) is 0 Å². The lowest BCUT2D eigenvalue weighted by Crippen LogP contribution is -2.49. The van der Waals surface area contributed by atoms with Gasteiger partial charge < -0.3 is 5.11 Å². The van der Waals surface area contributed by atoms with E-state index in [4.69, 9.17) is 5.11 Å². The molecule has 98 valence electrons. The summed E-state index contributed by atoms with van der Waals surface area (Å²) in [5.74, 6) is 0.136. The Bertz CT molecular complexity index is 279. The first kappa shape index (κ1) is 12.9. The van der Waals surface area contributed by atoms with Gasteiger partial charge in [-0.1, -0.05) is 19.8 Å². The maximum atomic E-state index is 11.0. The van der Waals surface area contributed by atoms with Gasteiger partial charge in [0.15, 0.2) is 0 Å². The molecule has 1 saturated carbocycles. The molecular formula is C14H25NO2. The fourth-order valence-corrected chi connectivity index (χ4v) is 3.84. The Morgan fingerprint density at radius 1 is 1.35 bits per heavy atom. The van der Waals surface area contributed by atoms with Gasteiger partial charge in [0.05, 0.1) is 5.92 Å². The summed E-state index contributed by atoms with van der Waals surface area (Å²) >= 11 is 0. The van der Waals surface area contributed by atoms with Crippen LogP contribution in [0.15, 0.2) is 0 Å². The molecule has 0 spiro atoms. The van der Waals surface area contributed by atoms with Crippen LogP contribution in [0.5, 0.6) is 0 Å². The van der Waals surface area contributed by atoms with E-state index in [1.165, 1.54) is 25.7 Å². The third-order valence-corrected chi connectivity index (χ3v) is 4.85. The maximum Gasteiger partial charge on any atom is 0.306 e. The van der Waals surface area contributed by atoms with Gasteiger partial charge in [0.2, 0.25) is 0 Å². The number of carboxylic acids is 1. The molecule has 1 heterocycles. The number of piperidine rings is 1. The number of nitrogens with zero attached hydrogens (tertiary/aromatic N) is 1. The highest BCUT2D eigenvalue weighted by molar-refractivity contribution is 5.70. The second-order valence-corrected chi connectivity index (χ2v) is 5.81. The highest BCUT2D eigenvalue weighted by Crippen LogP contribution is 2.36. The minimum atomic E-state index is -0.602. The molecule has 0 amide bonds. The molecule has 2 fully saturated rings. The molecule has 0 aromatic heterocycles. The van der Waals surface area contributed by atoms with E-state index in [9.17, 15) is 4.79 Å². The fraction of sp³-hybridized carbons (Fsp3) is 0.929. The fourth-order valence-electron chi connectivity index (χ4n) is 3.84. The van der Waals surface area contributed by atoms with Gasteiger partial charge in [0, 0.05) is 12.1 Å². The summed E-state index contributed by atoms with van der Waals surface area (Å²) in [7, 11) is 0. The van der Waals surface area contributed by atoms with Gasteiger partial charge in [-0.15, -0.1) is 0 Å². The average Bonchev–Trinajstić information content (AvgIpc) is 2.76. The largest absolute Gasteiger partial charge is 0.481 e. The van der Waals surface area contributed by atoms with Crippen LogP contribution < -0.4 is 0 Å². The summed E-state index contributed by atoms with van der Waals surface area (Å²) in [5.41, 5.74) is 0. The van der Waals surface area contributed by atoms with Gasteiger partial charge >= 0.3 is 5.97 Å². The standard InChI is InChI=1S/C14H25NO2/c1-3-11-5-4-6-13(11)15-8-7-12(14(16)17)9-10(15)2/h10-13H,3-9H2,1-2H3,(H,16,17). The first-order chi connectivity index (χ1) is 8.13. The van der Waals surface area contributed by atoms with Gasteiger partial charge in [-0.3, -0.25) is 9.69 Å². The van der Waals surface area contributed by atoms with E-state index in [1.807, 2.05) is 0 Å². The van der Waals surface area contributed by atoms with Gasteiger partial charge in [0.1, 0.15) is 0 Å². The lowest BCUT2D eigenvalue weighted by Gasteiger charge is -2.42. The smallest absolute Gasteiger partial charge is 0.306 e. The Morgan fingerprint density at radius 2 is 2.12 bits per heavy atom. The van der Waals surface area contributed by atoms with E-state index in [0.717, 1.165) is 31.3 Å². The zero-order chi connectivity index (χ0) is 12.4. The molecule has 4 unspecified atom stereocenters. The van der Waals surface area contributed by atoms with Crippen LogP contribution in [0.25, 0.3) is 0 Å². The van der Waals surface area contributed by atoms with Crippen molar-refractivity contribution in [1.82, 2.24) is 4.90 Å². The summed E-state index contributed by atoms with van der Waals surface area (Å²) in [6.07, 6.45) is 6.99. The molecule has 2 aliphatic rings. The van der Waals surface area contributed by atoms with Crippen molar-refractivity contribution in [1.29, 1.82) is 0 Å². The SMILES string of the molecule is CCC1CCCC1N1CCC(C(=O)O)CC1C. The van der Waals surface area contributed by atoms with Crippen LogP contribution in [0.4, 0.5) is 0 Å². The first-order valence-electron chi connectivity index (χ1n) is 7.12. The summed E-state index contributed by atoms with van der Waals surface area (Å²) in [5, 5.41) is 9.09. The van der Waals surface area contributed by atoms with Crippen molar-refractivity contribution in [3.63, 3.8) is 0 Å². The van der Waals surface area contributed by atoms with Crippen molar-refractivity contribution < 1.29 is 9.90 Å². The Hall–Kier alpha value is -0.570. The molecular weight excluding hydrogens is 214 g/mol. The van der Waals surface area contributed by atoms with Gasteiger partial charge in [-0.25, -0.2) is 0 Å². The minimum Gasteiger partial charge on any atom is -0.481 e. The van der Waals surface area contributed by atoms with E-state index in [2.05, 4.69) is 18.7 Å². The molecule has 3 heteroatoms. The van der Waals surface area contributed by atoms with Crippen LogP contribution >= 0.6 is 0 Å². The van der Waals surface area contributed by atoms with Gasteiger partial charge in [0.25, 0.3) is 0 Å². The highest BCUT2D eigenvalue weighted by Gasteiger charge is 2.37. The molecule has 0 aromatic rings. The molecule has 0 bridgehead atoms. The van der Waals surface area contributed by atoms with E-state index in [1.54, 1.807) is 0 Å². The zero-order valence-electron chi connectivity index (χ0n) is 11.1. The number of rotatable bonds is 3. The van der Waals surface area contributed by atoms with Crippen molar-refractivity contribution in [3.8, 4) is 0 Å². The normalized spacial score (nSPS) is 39.4. The van der Waals surface area contributed by atoms with Crippen LogP contribution in [0, 0.1) is 11.8 Å². The van der Waals surface area contributed by atoms with Crippen LogP contribution in [0.2, 0.25) is 0 Å². The average molecular weight is 239 g/mol. The second kappa shape index (κ2) is 5.38. The van der Waals surface area contributed by atoms with E-state index < -0.39 is 5.97 Å². The van der Waals surface area contributed by atoms with E-state index >= 15 is 0 Å². The van der Waals surface area contributed by atoms with Crippen molar-refractivity contribution in [2.24, 2.45) is 11.8 Å². The van der Waals surface area contributed by atoms with Crippen LogP contribution in [0.1, 0.15) is 52.4 Å². The van der Waals surface area contributed by atoms with Gasteiger partial charge in [-0.05, 0) is 45.1 Å².